The number of aromatic nitrogens is 2. The zero-order valence-corrected chi connectivity index (χ0v) is 13.1. The van der Waals surface area contributed by atoms with Crippen LogP contribution in [0, 0.1) is 16.0 Å². The maximum Gasteiger partial charge on any atom is 0.353 e. The van der Waals surface area contributed by atoms with E-state index in [-0.39, 0.29) is 23.3 Å². The molecule has 0 unspecified atom stereocenters. The molecular formula is C15H20N6O2. The summed E-state index contributed by atoms with van der Waals surface area (Å²) in [5.74, 6) is 0.609. The van der Waals surface area contributed by atoms with Crippen LogP contribution in [0.15, 0.2) is 30.3 Å². The number of nitrogen functional groups attached to an aromatic ring is 1. The third-order valence-corrected chi connectivity index (χ3v) is 3.06. The largest absolute Gasteiger partial charge is 0.378 e. The van der Waals surface area contributed by atoms with E-state index in [1.165, 1.54) is 0 Å². The van der Waals surface area contributed by atoms with Crippen LogP contribution in [0.25, 0.3) is 0 Å². The SMILES string of the molecule is CC(C)CNc1nc(N)c([N+](=O)[O-])c(NCc2ccccc2)n1. The van der Waals surface area contributed by atoms with Crippen LogP contribution in [-0.4, -0.2) is 21.4 Å². The molecule has 2 rings (SSSR count). The lowest BCUT2D eigenvalue weighted by molar-refractivity contribution is -0.383. The van der Waals surface area contributed by atoms with Gasteiger partial charge in [0.05, 0.1) is 4.92 Å². The Hall–Kier alpha value is -2.90. The summed E-state index contributed by atoms with van der Waals surface area (Å²) < 4.78 is 0. The molecule has 1 aromatic carbocycles. The van der Waals surface area contributed by atoms with Crippen LogP contribution in [0.3, 0.4) is 0 Å². The fourth-order valence-corrected chi connectivity index (χ4v) is 1.93. The third kappa shape index (κ3) is 4.53. The van der Waals surface area contributed by atoms with Gasteiger partial charge in [-0.05, 0) is 11.5 Å². The summed E-state index contributed by atoms with van der Waals surface area (Å²) in [4.78, 5) is 18.8. The van der Waals surface area contributed by atoms with Gasteiger partial charge in [0, 0.05) is 13.1 Å². The van der Waals surface area contributed by atoms with Gasteiger partial charge < -0.3 is 16.4 Å². The molecule has 0 aliphatic carbocycles. The number of rotatable bonds is 7. The molecule has 0 atom stereocenters. The first-order chi connectivity index (χ1) is 11.0. The maximum absolute atomic E-state index is 11.2. The first-order valence-electron chi connectivity index (χ1n) is 7.31. The van der Waals surface area contributed by atoms with Crippen LogP contribution in [0.4, 0.5) is 23.3 Å². The van der Waals surface area contributed by atoms with Gasteiger partial charge in [0.25, 0.3) is 0 Å². The number of nitrogens with two attached hydrogens (primary N) is 1. The molecule has 4 N–H and O–H groups in total. The van der Waals surface area contributed by atoms with E-state index in [2.05, 4.69) is 20.6 Å². The van der Waals surface area contributed by atoms with Crippen molar-refractivity contribution in [3.8, 4) is 0 Å². The molecule has 1 aromatic heterocycles. The summed E-state index contributed by atoms with van der Waals surface area (Å²) in [6.07, 6.45) is 0. The zero-order valence-electron chi connectivity index (χ0n) is 13.1. The highest BCUT2D eigenvalue weighted by atomic mass is 16.6. The van der Waals surface area contributed by atoms with Crippen molar-refractivity contribution < 1.29 is 4.92 Å². The maximum atomic E-state index is 11.2. The molecule has 122 valence electrons. The van der Waals surface area contributed by atoms with Crippen molar-refractivity contribution in [1.82, 2.24) is 9.97 Å². The number of hydrogen-bond acceptors (Lipinski definition) is 7. The van der Waals surface area contributed by atoms with Crippen LogP contribution < -0.4 is 16.4 Å². The Kier molecular flexibility index (Phi) is 5.29. The molecule has 23 heavy (non-hydrogen) atoms. The second kappa shape index (κ2) is 7.39. The number of nitrogens with zero attached hydrogens (tertiary/aromatic N) is 3. The Balaban J connectivity index is 2.24. The molecule has 0 fully saturated rings. The molecule has 0 bridgehead atoms. The fourth-order valence-electron chi connectivity index (χ4n) is 1.93. The van der Waals surface area contributed by atoms with Crippen LogP contribution in [-0.2, 0) is 6.54 Å². The van der Waals surface area contributed by atoms with E-state index in [0.29, 0.717) is 19.0 Å². The standard InChI is InChI=1S/C15H20N6O2/c1-10(2)8-18-15-19-13(16)12(21(22)23)14(20-15)17-9-11-6-4-3-5-7-11/h3-7,10H,8-9H2,1-2H3,(H4,16,17,18,19,20). The first kappa shape index (κ1) is 16.5. The molecule has 0 amide bonds. The van der Waals surface area contributed by atoms with Crippen molar-refractivity contribution in [3.05, 3.63) is 46.0 Å². The molecule has 1 heterocycles. The minimum Gasteiger partial charge on any atom is -0.378 e. The molecule has 0 radical (unpaired) electrons. The number of hydrogen-bond donors (Lipinski definition) is 3. The van der Waals surface area contributed by atoms with Crippen molar-refractivity contribution in [2.45, 2.75) is 20.4 Å². The number of nitro groups is 1. The Bertz CT molecular complexity index is 675. The van der Waals surface area contributed by atoms with E-state index >= 15 is 0 Å². The highest BCUT2D eigenvalue weighted by Crippen LogP contribution is 2.29. The predicted octanol–water partition coefficient (Wildman–Crippen LogP) is 2.65. The molecule has 2 aromatic rings. The van der Waals surface area contributed by atoms with Gasteiger partial charge in [-0.1, -0.05) is 44.2 Å². The smallest absolute Gasteiger partial charge is 0.353 e. The van der Waals surface area contributed by atoms with Gasteiger partial charge >= 0.3 is 5.69 Å². The van der Waals surface area contributed by atoms with E-state index in [0.717, 1.165) is 5.56 Å². The predicted molar refractivity (Wildman–Crippen MR) is 90.2 cm³/mol. The van der Waals surface area contributed by atoms with Crippen LogP contribution >= 0.6 is 0 Å². The second-order valence-corrected chi connectivity index (χ2v) is 5.50. The van der Waals surface area contributed by atoms with E-state index in [4.69, 9.17) is 5.73 Å². The van der Waals surface area contributed by atoms with Crippen molar-refractivity contribution in [3.63, 3.8) is 0 Å². The topological polar surface area (TPSA) is 119 Å². The quantitative estimate of drug-likeness (QED) is 0.530. The van der Waals surface area contributed by atoms with Gasteiger partial charge in [-0.2, -0.15) is 9.97 Å². The van der Waals surface area contributed by atoms with Gasteiger partial charge in [-0.15, -0.1) is 0 Å². The minimum absolute atomic E-state index is 0.109. The summed E-state index contributed by atoms with van der Waals surface area (Å²) in [7, 11) is 0. The molecule has 0 saturated carbocycles. The zero-order chi connectivity index (χ0) is 16.8. The first-order valence-corrected chi connectivity index (χ1v) is 7.31. The third-order valence-electron chi connectivity index (χ3n) is 3.06. The highest BCUT2D eigenvalue weighted by Gasteiger charge is 2.23. The monoisotopic (exact) mass is 316 g/mol. The van der Waals surface area contributed by atoms with E-state index in [9.17, 15) is 10.1 Å². The van der Waals surface area contributed by atoms with Crippen molar-refractivity contribution in [2.75, 3.05) is 22.9 Å². The highest BCUT2D eigenvalue weighted by molar-refractivity contribution is 5.69. The lowest BCUT2D eigenvalue weighted by Gasteiger charge is -2.11. The molecule has 0 spiro atoms. The van der Waals surface area contributed by atoms with Crippen LogP contribution in [0.2, 0.25) is 0 Å². The fraction of sp³-hybridized carbons (Fsp3) is 0.333. The normalized spacial score (nSPS) is 10.6. The Morgan fingerprint density at radius 3 is 2.52 bits per heavy atom. The average molecular weight is 316 g/mol. The van der Waals surface area contributed by atoms with E-state index < -0.39 is 4.92 Å². The Labute approximate surface area is 134 Å². The Morgan fingerprint density at radius 1 is 1.22 bits per heavy atom. The van der Waals surface area contributed by atoms with Crippen LogP contribution in [0.1, 0.15) is 19.4 Å². The number of anilines is 3. The second-order valence-electron chi connectivity index (χ2n) is 5.50. The molecule has 0 aliphatic rings. The average Bonchev–Trinajstić information content (AvgIpc) is 2.51. The summed E-state index contributed by atoms with van der Waals surface area (Å²) in [6, 6.07) is 9.54. The number of nitrogens with one attached hydrogen (secondary N) is 2. The molecule has 8 nitrogen and oxygen atoms in total. The van der Waals surface area contributed by atoms with Gasteiger partial charge in [-0.25, -0.2) is 0 Å². The molecule has 0 aliphatic heterocycles. The van der Waals surface area contributed by atoms with Crippen molar-refractivity contribution >= 4 is 23.3 Å². The lowest BCUT2D eigenvalue weighted by Crippen LogP contribution is -2.14. The summed E-state index contributed by atoms with van der Waals surface area (Å²) in [5, 5.41) is 17.2. The molecular weight excluding hydrogens is 296 g/mol. The number of benzene rings is 1. The Morgan fingerprint density at radius 2 is 1.91 bits per heavy atom. The van der Waals surface area contributed by atoms with Gasteiger partial charge in [-0.3, -0.25) is 10.1 Å². The minimum atomic E-state index is -0.575. The van der Waals surface area contributed by atoms with E-state index in [1.54, 1.807) is 0 Å². The summed E-state index contributed by atoms with van der Waals surface area (Å²) in [6.45, 7) is 5.13. The molecule has 0 saturated heterocycles. The van der Waals surface area contributed by atoms with Gasteiger partial charge in [0.1, 0.15) is 0 Å². The summed E-state index contributed by atoms with van der Waals surface area (Å²) in [5.41, 5.74) is 6.40. The van der Waals surface area contributed by atoms with Gasteiger partial charge in [0.15, 0.2) is 0 Å². The molecule has 8 heteroatoms. The van der Waals surface area contributed by atoms with Gasteiger partial charge in [0.2, 0.25) is 17.6 Å². The summed E-state index contributed by atoms with van der Waals surface area (Å²) >= 11 is 0. The van der Waals surface area contributed by atoms with E-state index in [1.807, 2.05) is 44.2 Å². The van der Waals surface area contributed by atoms with Crippen molar-refractivity contribution in [2.24, 2.45) is 5.92 Å². The van der Waals surface area contributed by atoms with Crippen LogP contribution in [0.5, 0.6) is 0 Å². The lowest BCUT2D eigenvalue weighted by atomic mass is 10.2. The van der Waals surface area contributed by atoms with Crippen molar-refractivity contribution in [1.29, 1.82) is 0 Å².